The summed E-state index contributed by atoms with van der Waals surface area (Å²) in [6, 6.07) is 4.38. The highest BCUT2D eigenvalue weighted by Gasteiger charge is 2.30. The minimum absolute atomic E-state index is 0.0527. The van der Waals surface area contributed by atoms with E-state index >= 15 is 0 Å². The van der Waals surface area contributed by atoms with Crippen LogP contribution in [0.4, 0.5) is 5.69 Å². The van der Waals surface area contributed by atoms with Gasteiger partial charge in [0.15, 0.2) is 6.23 Å². The summed E-state index contributed by atoms with van der Waals surface area (Å²) >= 11 is 6.51. The Balaban J connectivity index is 2.36. The third kappa shape index (κ3) is 2.71. The molecule has 0 aromatic heterocycles. The van der Waals surface area contributed by atoms with Gasteiger partial charge >= 0.3 is 0 Å². The van der Waals surface area contributed by atoms with Crippen LogP contribution in [0.1, 0.15) is 18.2 Å². The third-order valence-electron chi connectivity index (χ3n) is 2.71. The molecule has 0 aliphatic carbocycles. The number of non-ortho nitro benzene ring substituents is 1. The van der Waals surface area contributed by atoms with Gasteiger partial charge in [0, 0.05) is 35.6 Å². The van der Waals surface area contributed by atoms with Crippen molar-refractivity contribution in [2.75, 3.05) is 6.54 Å². The normalized spacial score (nSPS) is 17.8. The Kier molecular flexibility index (Phi) is 4.04. The fourth-order valence-corrected chi connectivity index (χ4v) is 3.14. The lowest BCUT2D eigenvalue weighted by molar-refractivity contribution is -0.385. The average Bonchev–Trinajstić information content (AvgIpc) is 2.38. The van der Waals surface area contributed by atoms with Crippen molar-refractivity contribution in [2.24, 2.45) is 0 Å². The Hall–Kier alpha value is -1.62. The van der Waals surface area contributed by atoms with Crippen molar-refractivity contribution in [1.29, 1.82) is 0 Å². The van der Waals surface area contributed by atoms with E-state index in [0.717, 1.165) is 4.90 Å². The van der Waals surface area contributed by atoms with Crippen molar-refractivity contribution < 1.29 is 10.0 Å². The molecular weight excluding hydrogens is 284 g/mol. The predicted octanol–water partition coefficient (Wildman–Crippen LogP) is 2.30. The molecule has 1 N–H and O–H groups in total. The zero-order chi connectivity index (χ0) is 14.0. The monoisotopic (exact) mass is 294 g/mol. The summed E-state index contributed by atoms with van der Waals surface area (Å²) < 4.78 is 0.518. The van der Waals surface area contributed by atoms with E-state index in [-0.39, 0.29) is 5.69 Å². The second kappa shape index (κ2) is 5.57. The lowest BCUT2D eigenvalue weighted by atomic mass is 10.1. The first-order chi connectivity index (χ1) is 9.04. The molecule has 0 fully saturated rings. The molecule has 0 spiro atoms. The van der Waals surface area contributed by atoms with Crippen LogP contribution in [0.2, 0.25) is 0 Å². The molecule has 1 aromatic rings. The molecule has 0 saturated carbocycles. The molecule has 0 radical (unpaired) electrons. The Morgan fingerprint density at radius 2 is 2.37 bits per heavy atom. The summed E-state index contributed by atoms with van der Waals surface area (Å²) in [5.74, 6) is 2.48. The Morgan fingerprint density at radius 1 is 1.63 bits per heavy atom. The number of aliphatic hydroxyl groups excluding tert-OH is 1. The molecule has 1 aliphatic heterocycles. The minimum Gasteiger partial charge on any atom is -0.369 e. The maximum atomic E-state index is 10.8. The molecule has 7 heteroatoms. The Morgan fingerprint density at radius 3 is 3.00 bits per heavy atom. The van der Waals surface area contributed by atoms with Crippen LogP contribution in [-0.2, 0) is 0 Å². The van der Waals surface area contributed by atoms with Crippen molar-refractivity contribution in [1.82, 2.24) is 4.90 Å². The van der Waals surface area contributed by atoms with Gasteiger partial charge in [-0.15, -0.1) is 12.3 Å². The molecule has 1 heterocycles. The Bertz CT molecular complexity index is 583. The highest BCUT2D eigenvalue weighted by Crippen LogP contribution is 2.39. The number of benzene rings is 1. The van der Waals surface area contributed by atoms with Crippen LogP contribution in [0, 0.1) is 22.5 Å². The maximum absolute atomic E-state index is 10.8. The molecule has 5 nitrogen and oxygen atoms in total. The number of aliphatic hydroxyl groups is 1. The van der Waals surface area contributed by atoms with Gasteiger partial charge < -0.3 is 10.0 Å². The molecule has 19 heavy (non-hydrogen) atoms. The lowest BCUT2D eigenvalue weighted by Gasteiger charge is -2.34. The topological polar surface area (TPSA) is 66.6 Å². The first-order valence-electron chi connectivity index (χ1n) is 5.43. The van der Waals surface area contributed by atoms with Crippen molar-refractivity contribution in [2.45, 2.75) is 17.5 Å². The zero-order valence-corrected chi connectivity index (χ0v) is 11.4. The molecule has 0 bridgehead atoms. The standard InChI is InChI=1S/C12H10N2O3S2/c1-2-3-6-13-11(15)9-7-8(14(16)17)4-5-10(9)19-12(13)18/h1,4-5,7,11,15H,3,6H2. The van der Waals surface area contributed by atoms with Crippen molar-refractivity contribution in [3.63, 3.8) is 0 Å². The number of nitro benzene ring substituents is 1. The summed E-state index contributed by atoms with van der Waals surface area (Å²) in [5.41, 5.74) is 0.438. The van der Waals surface area contributed by atoms with Crippen LogP contribution in [0.5, 0.6) is 0 Å². The maximum Gasteiger partial charge on any atom is 0.269 e. The van der Waals surface area contributed by atoms with E-state index in [2.05, 4.69) is 5.92 Å². The van der Waals surface area contributed by atoms with Gasteiger partial charge in [-0.3, -0.25) is 10.1 Å². The second-order valence-electron chi connectivity index (χ2n) is 3.87. The van der Waals surface area contributed by atoms with E-state index in [1.807, 2.05) is 0 Å². The van der Waals surface area contributed by atoms with E-state index < -0.39 is 11.2 Å². The second-order valence-corrected chi connectivity index (χ2v) is 5.54. The van der Waals surface area contributed by atoms with Gasteiger partial charge in [0.05, 0.1) is 4.92 Å². The van der Waals surface area contributed by atoms with Gasteiger partial charge in [0.1, 0.15) is 4.32 Å². The molecule has 1 aromatic carbocycles. The van der Waals surface area contributed by atoms with Crippen LogP contribution < -0.4 is 0 Å². The van der Waals surface area contributed by atoms with Gasteiger partial charge in [-0.1, -0.05) is 24.0 Å². The van der Waals surface area contributed by atoms with Crippen LogP contribution >= 0.6 is 24.0 Å². The van der Waals surface area contributed by atoms with Crippen molar-refractivity contribution in [3.8, 4) is 12.3 Å². The highest BCUT2D eigenvalue weighted by atomic mass is 32.2. The zero-order valence-electron chi connectivity index (χ0n) is 9.78. The van der Waals surface area contributed by atoms with Gasteiger partial charge in [-0.25, -0.2) is 0 Å². The summed E-state index contributed by atoms with van der Waals surface area (Å²) in [6.07, 6.45) is 4.65. The van der Waals surface area contributed by atoms with E-state index in [9.17, 15) is 15.2 Å². The van der Waals surface area contributed by atoms with Crippen LogP contribution in [0.3, 0.4) is 0 Å². The number of thioether (sulfide) groups is 1. The van der Waals surface area contributed by atoms with E-state index in [1.54, 1.807) is 11.0 Å². The molecule has 0 amide bonds. The number of hydrogen-bond acceptors (Lipinski definition) is 5. The number of hydrogen-bond donors (Lipinski definition) is 1. The fourth-order valence-electron chi connectivity index (χ4n) is 1.76. The summed E-state index contributed by atoms with van der Waals surface area (Å²) in [7, 11) is 0. The van der Waals surface area contributed by atoms with E-state index in [1.165, 1.54) is 23.9 Å². The Labute approximate surface area is 119 Å². The molecule has 98 valence electrons. The number of nitrogens with zero attached hydrogens (tertiary/aromatic N) is 2. The summed E-state index contributed by atoms with van der Waals surface area (Å²) in [4.78, 5) is 12.6. The van der Waals surface area contributed by atoms with Gasteiger partial charge in [-0.2, -0.15) is 0 Å². The minimum atomic E-state index is -0.989. The van der Waals surface area contributed by atoms with Crippen molar-refractivity contribution in [3.05, 3.63) is 33.9 Å². The quantitative estimate of drug-likeness (QED) is 0.399. The molecular formula is C12H10N2O3S2. The molecule has 1 aliphatic rings. The smallest absolute Gasteiger partial charge is 0.269 e. The number of fused-ring (bicyclic) bond motifs is 1. The average molecular weight is 294 g/mol. The molecule has 2 rings (SSSR count). The number of nitro groups is 1. The number of terminal acetylenes is 1. The largest absolute Gasteiger partial charge is 0.369 e. The van der Waals surface area contributed by atoms with Crippen LogP contribution in [-0.4, -0.2) is 25.8 Å². The van der Waals surface area contributed by atoms with E-state index in [4.69, 9.17) is 18.6 Å². The first-order valence-corrected chi connectivity index (χ1v) is 6.65. The van der Waals surface area contributed by atoms with E-state index in [0.29, 0.717) is 22.8 Å². The number of thiocarbonyl (C=S) groups is 1. The molecule has 1 atom stereocenters. The van der Waals surface area contributed by atoms with Gasteiger partial charge in [-0.05, 0) is 6.07 Å². The fraction of sp³-hybridized carbons (Fsp3) is 0.250. The SMILES string of the molecule is C#CCCN1C(=S)Sc2ccc([N+](=O)[O-])cc2C1O. The first kappa shape index (κ1) is 13.8. The molecule has 0 saturated heterocycles. The van der Waals surface area contributed by atoms with Gasteiger partial charge in [0.2, 0.25) is 0 Å². The van der Waals surface area contributed by atoms with Crippen LogP contribution in [0.25, 0.3) is 0 Å². The third-order valence-corrected chi connectivity index (χ3v) is 4.19. The number of rotatable bonds is 3. The predicted molar refractivity (Wildman–Crippen MR) is 76.7 cm³/mol. The molecule has 1 unspecified atom stereocenters. The van der Waals surface area contributed by atoms with Crippen molar-refractivity contribution >= 4 is 34.0 Å². The summed E-state index contributed by atoms with van der Waals surface area (Å²) in [5, 5.41) is 21.0. The van der Waals surface area contributed by atoms with Crippen LogP contribution in [0.15, 0.2) is 23.1 Å². The lowest BCUT2D eigenvalue weighted by Crippen LogP contribution is -2.35. The summed E-state index contributed by atoms with van der Waals surface area (Å²) in [6.45, 7) is 0.422. The highest BCUT2D eigenvalue weighted by molar-refractivity contribution is 8.23. The van der Waals surface area contributed by atoms with Gasteiger partial charge in [0.25, 0.3) is 5.69 Å².